The summed E-state index contributed by atoms with van der Waals surface area (Å²) in [6.07, 6.45) is 8.84. The lowest BCUT2D eigenvalue weighted by Gasteiger charge is -2.26. The topological polar surface area (TPSA) is 315 Å². The van der Waals surface area contributed by atoms with Crippen LogP contribution in [-0.4, -0.2) is 102 Å². The van der Waals surface area contributed by atoms with Crippen LogP contribution in [0.15, 0.2) is 61.0 Å². The van der Waals surface area contributed by atoms with Crippen LogP contribution >= 0.6 is 0 Å². The van der Waals surface area contributed by atoms with Gasteiger partial charge in [-0.05, 0) is 45.4 Å². The molecule has 1 heterocycles. The highest BCUT2D eigenvalue weighted by atomic mass is 16.6. The second kappa shape index (κ2) is 23.2. The van der Waals surface area contributed by atoms with Crippen LogP contribution in [0, 0.1) is 20.2 Å². The largest absolute Gasteiger partial charge is 0.491 e. The molecule has 0 fully saturated rings. The number of rotatable bonds is 24. The van der Waals surface area contributed by atoms with Gasteiger partial charge in [0.1, 0.15) is 18.0 Å². The molecule has 23 heteroatoms. The summed E-state index contributed by atoms with van der Waals surface area (Å²) in [5, 5.41) is 34.0. The van der Waals surface area contributed by atoms with Gasteiger partial charge in [-0.25, -0.2) is 4.79 Å². The maximum atomic E-state index is 12.9. The fourth-order valence-corrected chi connectivity index (χ4v) is 5.27. The van der Waals surface area contributed by atoms with Gasteiger partial charge in [0.05, 0.1) is 55.5 Å². The van der Waals surface area contributed by atoms with Gasteiger partial charge in [0.25, 0.3) is 11.4 Å². The van der Waals surface area contributed by atoms with Crippen molar-refractivity contribution in [2.24, 2.45) is 11.5 Å². The predicted octanol–water partition coefficient (Wildman–Crippen LogP) is 4.25. The van der Waals surface area contributed by atoms with Gasteiger partial charge in [-0.15, -0.1) is 0 Å². The Morgan fingerprint density at radius 1 is 0.806 bits per heavy atom. The molecular weight excluding hydrogens is 818 g/mol. The number of hydrogen-bond donors (Lipinski definition) is 4. The van der Waals surface area contributed by atoms with Crippen molar-refractivity contribution in [1.29, 1.82) is 0 Å². The number of nitrogens with zero attached hydrogens (tertiary/aromatic N) is 5. The molecule has 3 rings (SSSR count). The van der Waals surface area contributed by atoms with Gasteiger partial charge in [0.2, 0.25) is 11.8 Å². The van der Waals surface area contributed by atoms with Crippen LogP contribution in [0.5, 0.6) is 11.5 Å². The van der Waals surface area contributed by atoms with Crippen molar-refractivity contribution in [2.45, 2.75) is 52.2 Å². The number of nitro benzene ring substituents is 2. The van der Waals surface area contributed by atoms with Gasteiger partial charge in [-0.3, -0.25) is 49.0 Å². The van der Waals surface area contributed by atoms with E-state index >= 15 is 0 Å². The normalized spacial score (nSPS) is 11.2. The lowest BCUT2D eigenvalue weighted by Crippen LogP contribution is -2.38. The summed E-state index contributed by atoms with van der Waals surface area (Å²) in [7, 11) is 2.47. The molecule has 0 saturated heterocycles. The Kier molecular flexibility index (Phi) is 18.2. The number of primary amides is 2. The number of nitro groups is 2. The molecule has 62 heavy (non-hydrogen) atoms. The van der Waals surface area contributed by atoms with Crippen LogP contribution in [0.3, 0.4) is 0 Å². The van der Waals surface area contributed by atoms with E-state index in [4.69, 9.17) is 30.4 Å². The van der Waals surface area contributed by atoms with Crippen LogP contribution in [-0.2, 0) is 30.3 Å². The summed E-state index contributed by atoms with van der Waals surface area (Å²) in [5.74, 6) is -2.98. The second-order valence-corrected chi connectivity index (χ2v) is 13.9. The Bertz CT molecular complexity index is 2180. The van der Waals surface area contributed by atoms with Crippen LogP contribution in [0.2, 0.25) is 0 Å². The van der Waals surface area contributed by atoms with Gasteiger partial charge in [-0.1, -0.05) is 18.2 Å². The number of aromatic nitrogens is 2. The number of benzene rings is 2. The van der Waals surface area contributed by atoms with Gasteiger partial charge in [0, 0.05) is 55.5 Å². The Balaban J connectivity index is 1.73. The van der Waals surface area contributed by atoms with Crippen molar-refractivity contribution in [3.05, 3.63) is 92.3 Å². The van der Waals surface area contributed by atoms with Gasteiger partial charge in [-0.2, -0.15) is 5.10 Å². The maximum Gasteiger partial charge on any atom is 0.414 e. The third kappa shape index (κ3) is 15.1. The SMILES string of the molecule is COC(=O)CCCOc1cc(C(N)=O)cc([N+](=O)[O-])c1NC/C=C/CNc1c(OC/C=C/Cn2cc(N(CCC(=O)OC)C(=O)OC(C)(C)C)cn2)cc(C(N)=O)cc1[N+](=O)[O-]. The summed E-state index contributed by atoms with van der Waals surface area (Å²) in [4.78, 5) is 83.9. The number of anilines is 3. The molecule has 334 valence electrons. The highest BCUT2D eigenvalue weighted by Crippen LogP contribution is 2.37. The molecule has 2 aromatic carbocycles. The number of carbonyl (C=O) groups excluding carboxylic acids is 5. The number of nitrogens with one attached hydrogen (secondary N) is 2. The lowest BCUT2D eigenvalue weighted by atomic mass is 10.1. The first-order valence-corrected chi connectivity index (χ1v) is 18.8. The number of esters is 2. The minimum absolute atomic E-state index is 0.0158. The fourth-order valence-electron chi connectivity index (χ4n) is 5.27. The van der Waals surface area contributed by atoms with Crippen molar-refractivity contribution in [1.82, 2.24) is 9.78 Å². The molecule has 0 unspecified atom stereocenters. The quantitative estimate of drug-likeness (QED) is 0.0244. The number of methoxy groups -OCH3 is 2. The zero-order valence-corrected chi connectivity index (χ0v) is 34.7. The van der Waals surface area contributed by atoms with Gasteiger partial charge in [0.15, 0.2) is 17.1 Å². The first-order chi connectivity index (χ1) is 29.3. The summed E-state index contributed by atoms with van der Waals surface area (Å²) in [6.45, 7) is 5.11. The molecule has 0 aliphatic carbocycles. The molecule has 0 radical (unpaired) electrons. The second-order valence-electron chi connectivity index (χ2n) is 13.9. The first kappa shape index (κ1) is 48.6. The van der Waals surface area contributed by atoms with E-state index in [1.165, 1.54) is 42.1 Å². The van der Waals surface area contributed by atoms with Crippen molar-refractivity contribution in [2.75, 3.05) is 62.6 Å². The highest BCUT2D eigenvalue weighted by molar-refractivity contribution is 5.96. The molecule has 0 atom stereocenters. The van der Waals surface area contributed by atoms with E-state index in [0.29, 0.717) is 5.69 Å². The Labute approximate surface area is 355 Å². The van der Waals surface area contributed by atoms with Crippen LogP contribution in [0.4, 0.5) is 33.2 Å². The van der Waals surface area contributed by atoms with E-state index in [1.54, 1.807) is 51.3 Å². The molecule has 3 amide bonds. The van der Waals surface area contributed by atoms with E-state index in [1.807, 2.05) is 0 Å². The number of allylic oxidation sites excluding steroid dienone is 1. The van der Waals surface area contributed by atoms with Crippen molar-refractivity contribution in [3.8, 4) is 11.5 Å². The smallest absolute Gasteiger partial charge is 0.414 e. The maximum absolute atomic E-state index is 12.9. The molecule has 3 aromatic rings. The molecule has 23 nitrogen and oxygen atoms in total. The van der Waals surface area contributed by atoms with Crippen molar-refractivity contribution >= 4 is 58.3 Å². The number of hydrogen-bond acceptors (Lipinski definition) is 17. The molecule has 0 aliphatic heterocycles. The first-order valence-electron chi connectivity index (χ1n) is 18.8. The third-order valence-corrected chi connectivity index (χ3v) is 8.20. The monoisotopic (exact) mass is 867 g/mol. The molecule has 6 N–H and O–H groups in total. The highest BCUT2D eigenvalue weighted by Gasteiger charge is 2.26. The van der Waals surface area contributed by atoms with Gasteiger partial charge < -0.3 is 45.8 Å². The number of carbonyl (C=O) groups is 5. The molecule has 0 bridgehead atoms. The van der Waals surface area contributed by atoms with Crippen LogP contribution < -0.4 is 36.5 Å². The summed E-state index contributed by atoms with van der Waals surface area (Å²) in [6, 6.07) is 4.48. The number of amides is 3. The summed E-state index contributed by atoms with van der Waals surface area (Å²) < 4.78 is 27.8. The zero-order chi connectivity index (χ0) is 46.0. The van der Waals surface area contributed by atoms with E-state index in [-0.39, 0.29) is 92.7 Å². The Morgan fingerprint density at radius 3 is 1.84 bits per heavy atom. The molecular formula is C39H49N9O14. The number of ether oxygens (including phenoxy) is 5. The fraction of sp³-hybridized carbons (Fsp3) is 0.385. The predicted molar refractivity (Wildman–Crippen MR) is 223 cm³/mol. The average Bonchev–Trinajstić information content (AvgIpc) is 3.67. The average molecular weight is 868 g/mol. The van der Waals surface area contributed by atoms with Gasteiger partial charge >= 0.3 is 18.0 Å². The van der Waals surface area contributed by atoms with E-state index < -0.39 is 56.7 Å². The summed E-state index contributed by atoms with van der Waals surface area (Å²) in [5.41, 5.74) is 8.89. The Hall–Kier alpha value is -7.72. The van der Waals surface area contributed by atoms with Crippen molar-refractivity contribution < 1.29 is 57.5 Å². The van der Waals surface area contributed by atoms with E-state index in [2.05, 4.69) is 20.5 Å². The number of nitrogens with two attached hydrogens (primary N) is 2. The summed E-state index contributed by atoms with van der Waals surface area (Å²) >= 11 is 0. The lowest BCUT2D eigenvalue weighted by molar-refractivity contribution is -0.384. The van der Waals surface area contributed by atoms with E-state index in [9.17, 15) is 44.2 Å². The third-order valence-electron chi connectivity index (χ3n) is 8.20. The molecule has 0 aliphatic rings. The molecule has 1 aromatic heterocycles. The Morgan fingerprint density at radius 2 is 1.34 bits per heavy atom. The minimum atomic E-state index is -0.933. The standard InChI is InChI=1S/C39H49N9O14/c1-39(2,3)62-38(53)46(16-12-33(50)59-5)27-23-44-45(24-27)15-8-9-17-60-30-21-25(36(40)51)19-28(47(54)55)34(30)42-13-6-7-14-43-35-29(48(56)57)20-26(37(41)52)22-31(35)61-18-10-11-32(49)58-4/h6-9,19-24,42-43H,10-18H2,1-5H3,(H2,40,51)(H2,41,52)/b7-6+,9-8+. The minimum Gasteiger partial charge on any atom is -0.491 e. The molecule has 0 saturated carbocycles. The van der Waals surface area contributed by atoms with Crippen molar-refractivity contribution in [3.63, 3.8) is 0 Å². The zero-order valence-electron chi connectivity index (χ0n) is 34.7. The van der Waals surface area contributed by atoms with E-state index in [0.717, 1.165) is 12.1 Å². The van der Waals surface area contributed by atoms with Crippen LogP contribution in [0.25, 0.3) is 0 Å². The van der Waals surface area contributed by atoms with Crippen LogP contribution in [0.1, 0.15) is 60.7 Å². The molecule has 0 spiro atoms.